The van der Waals surface area contributed by atoms with Gasteiger partial charge in [-0.05, 0) is 43.5 Å². The molecule has 126 valence electrons. The lowest BCUT2D eigenvalue weighted by atomic mass is 9.99. The van der Waals surface area contributed by atoms with Crippen molar-refractivity contribution in [3.63, 3.8) is 0 Å². The van der Waals surface area contributed by atoms with E-state index in [0.717, 1.165) is 35.6 Å². The van der Waals surface area contributed by atoms with E-state index in [2.05, 4.69) is 29.4 Å². The van der Waals surface area contributed by atoms with E-state index in [0.29, 0.717) is 6.04 Å². The first-order valence-corrected chi connectivity index (χ1v) is 9.09. The van der Waals surface area contributed by atoms with Crippen LogP contribution in [0.25, 0.3) is 0 Å². The molecule has 1 aromatic heterocycles. The standard InChI is InChI=1S/C18H21N3O2S/c1-10(2)21-8-7-13-14(9-21)24-18-15(13)17(23)19-16(20-18)11-3-5-12(22)6-4-11/h3-6,10,16,20,22H,7-9H2,1-2H3,(H,19,23)/t16-/m0/s1. The number of benzene rings is 1. The first kappa shape index (κ1) is 15.5. The van der Waals surface area contributed by atoms with E-state index in [9.17, 15) is 9.90 Å². The molecule has 2 aliphatic rings. The number of nitrogens with zero attached hydrogens (tertiary/aromatic N) is 1. The maximum Gasteiger partial charge on any atom is 0.256 e. The van der Waals surface area contributed by atoms with Gasteiger partial charge in [0.1, 0.15) is 16.9 Å². The zero-order valence-electron chi connectivity index (χ0n) is 13.8. The van der Waals surface area contributed by atoms with Crippen LogP contribution in [0.3, 0.4) is 0 Å². The fourth-order valence-electron chi connectivity index (χ4n) is 3.41. The highest BCUT2D eigenvalue weighted by Gasteiger charge is 2.33. The number of carbonyl (C=O) groups is 1. The minimum absolute atomic E-state index is 0.00248. The number of phenolic OH excluding ortho intramolecular Hbond substituents is 1. The van der Waals surface area contributed by atoms with Gasteiger partial charge in [-0.2, -0.15) is 0 Å². The van der Waals surface area contributed by atoms with Crippen molar-refractivity contribution in [2.24, 2.45) is 0 Å². The van der Waals surface area contributed by atoms with Gasteiger partial charge in [-0.1, -0.05) is 12.1 Å². The van der Waals surface area contributed by atoms with E-state index < -0.39 is 0 Å². The highest BCUT2D eigenvalue weighted by molar-refractivity contribution is 7.16. The van der Waals surface area contributed by atoms with Gasteiger partial charge in [0.25, 0.3) is 5.91 Å². The molecule has 3 heterocycles. The van der Waals surface area contributed by atoms with Gasteiger partial charge in [-0.15, -0.1) is 11.3 Å². The number of aromatic hydroxyl groups is 1. The Kier molecular flexibility index (Phi) is 3.73. The third-order valence-electron chi connectivity index (χ3n) is 4.82. The van der Waals surface area contributed by atoms with Crippen molar-refractivity contribution >= 4 is 22.2 Å². The largest absolute Gasteiger partial charge is 0.508 e. The lowest BCUT2D eigenvalue weighted by Gasteiger charge is -2.30. The zero-order valence-corrected chi connectivity index (χ0v) is 14.6. The molecule has 2 aromatic rings. The third-order valence-corrected chi connectivity index (χ3v) is 5.97. The Labute approximate surface area is 145 Å². The van der Waals surface area contributed by atoms with Gasteiger partial charge in [-0.25, -0.2) is 0 Å². The predicted molar refractivity (Wildman–Crippen MR) is 95.5 cm³/mol. The smallest absolute Gasteiger partial charge is 0.256 e. The Morgan fingerprint density at radius 3 is 2.71 bits per heavy atom. The number of anilines is 1. The number of hydrogen-bond donors (Lipinski definition) is 3. The number of carbonyl (C=O) groups excluding carboxylic acids is 1. The molecule has 0 fully saturated rings. The van der Waals surface area contributed by atoms with Crippen molar-refractivity contribution in [1.82, 2.24) is 10.2 Å². The second kappa shape index (κ2) is 5.79. The van der Waals surface area contributed by atoms with Gasteiger partial charge in [0.2, 0.25) is 0 Å². The number of nitrogens with one attached hydrogen (secondary N) is 2. The molecule has 0 radical (unpaired) electrons. The molecular weight excluding hydrogens is 322 g/mol. The minimum Gasteiger partial charge on any atom is -0.508 e. The molecule has 0 aliphatic carbocycles. The van der Waals surface area contributed by atoms with Crippen LogP contribution in [0.15, 0.2) is 24.3 Å². The molecule has 3 N–H and O–H groups in total. The molecule has 1 atom stereocenters. The molecule has 0 saturated heterocycles. The van der Waals surface area contributed by atoms with Crippen LogP contribution in [-0.4, -0.2) is 28.5 Å². The number of phenols is 1. The van der Waals surface area contributed by atoms with E-state index in [-0.39, 0.29) is 17.8 Å². The van der Waals surface area contributed by atoms with Crippen molar-refractivity contribution in [2.45, 2.75) is 39.0 Å². The van der Waals surface area contributed by atoms with E-state index in [1.165, 1.54) is 10.4 Å². The summed E-state index contributed by atoms with van der Waals surface area (Å²) < 4.78 is 0. The summed E-state index contributed by atoms with van der Waals surface area (Å²) in [6.45, 7) is 6.35. The first-order chi connectivity index (χ1) is 11.5. The molecule has 24 heavy (non-hydrogen) atoms. The van der Waals surface area contributed by atoms with Crippen molar-refractivity contribution in [2.75, 3.05) is 11.9 Å². The summed E-state index contributed by atoms with van der Waals surface area (Å²) in [5, 5.41) is 16.9. The summed E-state index contributed by atoms with van der Waals surface area (Å²) in [5.74, 6) is 0.222. The fraction of sp³-hybridized carbons (Fsp3) is 0.389. The second-order valence-electron chi connectivity index (χ2n) is 6.66. The Hall–Kier alpha value is -2.05. The lowest BCUT2D eigenvalue weighted by Crippen LogP contribution is -2.39. The van der Waals surface area contributed by atoms with Crippen molar-refractivity contribution in [3.8, 4) is 5.75 Å². The number of amides is 1. The van der Waals surface area contributed by atoms with Gasteiger partial charge in [0, 0.05) is 24.0 Å². The first-order valence-electron chi connectivity index (χ1n) is 8.28. The second-order valence-corrected chi connectivity index (χ2v) is 7.77. The van der Waals surface area contributed by atoms with Crippen LogP contribution >= 0.6 is 11.3 Å². The molecule has 1 amide bonds. The summed E-state index contributed by atoms with van der Waals surface area (Å²) >= 11 is 1.70. The van der Waals surface area contributed by atoms with Crippen LogP contribution in [-0.2, 0) is 13.0 Å². The Balaban J connectivity index is 1.65. The monoisotopic (exact) mass is 343 g/mol. The Bertz CT molecular complexity index is 782. The number of thiophene rings is 1. The SMILES string of the molecule is CC(C)N1CCc2c(sc3c2C(=O)N[C@H](c2ccc(O)cc2)N3)C1. The molecule has 0 unspecified atom stereocenters. The van der Waals surface area contributed by atoms with Crippen LogP contribution in [0.1, 0.15) is 46.4 Å². The maximum atomic E-state index is 12.7. The molecule has 0 bridgehead atoms. The molecular formula is C18H21N3O2S. The van der Waals surface area contributed by atoms with Crippen LogP contribution in [0.5, 0.6) is 5.75 Å². The quantitative estimate of drug-likeness (QED) is 0.784. The third kappa shape index (κ3) is 2.56. The number of hydrogen-bond acceptors (Lipinski definition) is 5. The van der Waals surface area contributed by atoms with Crippen LogP contribution < -0.4 is 10.6 Å². The molecule has 4 rings (SSSR count). The summed E-state index contributed by atoms with van der Waals surface area (Å²) in [6, 6.07) is 7.44. The fourth-order valence-corrected chi connectivity index (χ4v) is 4.71. The highest BCUT2D eigenvalue weighted by atomic mass is 32.1. The van der Waals surface area contributed by atoms with E-state index in [1.807, 2.05) is 12.1 Å². The van der Waals surface area contributed by atoms with Gasteiger partial charge in [0.05, 0.1) is 5.56 Å². The van der Waals surface area contributed by atoms with E-state index in [4.69, 9.17) is 0 Å². The highest BCUT2D eigenvalue weighted by Crippen LogP contribution is 2.41. The topological polar surface area (TPSA) is 64.6 Å². The van der Waals surface area contributed by atoms with Crippen molar-refractivity contribution < 1.29 is 9.90 Å². The van der Waals surface area contributed by atoms with Gasteiger partial charge >= 0.3 is 0 Å². The molecule has 0 saturated carbocycles. The van der Waals surface area contributed by atoms with Crippen molar-refractivity contribution in [3.05, 3.63) is 45.8 Å². The van der Waals surface area contributed by atoms with Crippen LogP contribution in [0.2, 0.25) is 0 Å². The lowest BCUT2D eigenvalue weighted by molar-refractivity contribution is 0.0934. The van der Waals surface area contributed by atoms with Crippen LogP contribution in [0.4, 0.5) is 5.00 Å². The minimum atomic E-state index is -0.257. The molecule has 2 aliphatic heterocycles. The zero-order chi connectivity index (χ0) is 16.8. The average molecular weight is 343 g/mol. The van der Waals surface area contributed by atoms with E-state index in [1.54, 1.807) is 23.5 Å². The maximum absolute atomic E-state index is 12.7. The Morgan fingerprint density at radius 1 is 1.25 bits per heavy atom. The van der Waals surface area contributed by atoms with Gasteiger partial charge in [0.15, 0.2) is 0 Å². The average Bonchev–Trinajstić information content (AvgIpc) is 2.93. The molecule has 6 heteroatoms. The summed E-state index contributed by atoms with van der Waals surface area (Å²) in [4.78, 5) is 16.4. The molecule has 5 nitrogen and oxygen atoms in total. The summed E-state index contributed by atoms with van der Waals surface area (Å²) in [6.07, 6.45) is 0.671. The molecule has 0 spiro atoms. The van der Waals surface area contributed by atoms with Crippen molar-refractivity contribution in [1.29, 1.82) is 0 Å². The summed E-state index contributed by atoms with van der Waals surface area (Å²) in [5.41, 5.74) is 2.97. The predicted octanol–water partition coefficient (Wildman–Crippen LogP) is 3.07. The van der Waals surface area contributed by atoms with Gasteiger partial charge in [-0.3, -0.25) is 9.69 Å². The van der Waals surface area contributed by atoms with Gasteiger partial charge < -0.3 is 15.7 Å². The molecule has 1 aromatic carbocycles. The van der Waals surface area contributed by atoms with E-state index >= 15 is 0 Å². The normalized spacial score (nSPS) is 20.3. The summed E-state index contributed by atoms with van der Waals surface area (Å²) in [7, 11) is 0. The number of rotatable bonds is 2. The number of fused-ring (bicyclic) bond motifs is 3. The van der Waals surface area contributed by atoms with Crippen LogP contribution in [0, 0.1) is 0 Å². The Morgan fingerprint density at radius 2 is 2.00 bits per heavy atom.